The first-order valence-electron chi connectivity index (χ1n) is 11.6. The SMILES string of the molecule is [C-]#[N+]/C(C#N)=C1\c2cc(-c3cccc(-c4ccccc4)c3)ccc2-c2nc3cc(C#N)c(C#N)cc3nc21. The molecule has 0 N–H and O–H groups in total. The second kappa shape index (κ2) is 8.85. The Kier molecular flexibility index (Phi) is 5.22. The minimum Gasteiger partial charge on any atom is -0.245 e. The van der Waals surface area contributed by atoms with Crippen LogP contribution in [-0.2, 0) is 0 Å². The van der Waals surface area contributed by atoms with Gasteiger partial charge in [0.1, 0.15) is 12.1 Å². The van der Waals surface area contributed by atoms with Crippen molar-refractivity contribution >= 4 is 16.6 Å². The molecule has 0 fully saturated rings. The highest BCUT2D eigenvalue weighted by atomic mass is 14.9. The van der Waals surface area contributed by atoms with Crippen molar-refractivity contribution in [3.63, 3.8) is 0 Å². The molecule has 4 aromatic carbocycles. The number of hydrogen-bond donors (Lipinski definition) is 0. The lowest BCUT2D eigenvalue weighted by molar-refractivity contribution is 1.27. The largest absolute Gasteiger partial charge is 0.271 e. The van der Waals surface area contributed by atoms with Crippen molar-refractivity contribution in [1.29, 1.82) is 15.8 Å². The highest BCUT2D eigenvalue weighted by Gasteiger charge is 2.30. The van der Waals surface area contributed by atoms with Crippen LogP contribution in [0.25, 0.3) is 55.0 Å². The molecule has 0 saturated carbocycles. The van der Waals surface area contributed by atoms with Crippen molar-refractivity contribution in [1.82, 2.24) is 9.97 Å². The Morgan fingerprint density at radius 3 is 1.87 bits per heavy atom. The van der Waals surface area contributed by atoms with Crippen molar-refractivity contribution in [3.05, 3.63) is 124 Å². The van der Waals surface area contributed by atoms with E-state index in [0.717, 1.165) is 27.8 Å². The van der Waals surface area contributed by atoms with E-state index in [9.17, 15) is 15.8 Å². The topological polar surface area (TPSA) is 102 Å². The first kappa shape index (κ1) is 22.4. The third-order valence-electron chi connectivity index (χ3n) is 6.58. The molecule has 1 heterocycles. The summed E-state index contributed by atoms with van der Waals surface area (Å²) in [6.07, 6.45) is 0. The van der Waals surface area contributed by atoms with Crippen LogP contribution in [0.5, 0.6) is 0 Å². The second-order valence-corrected chi connectivity index (χ2v) is 8.69. The number of nitrogens with zero attached hydrogens (tertiary/aromatic N) is 6. The second-order valence-electron chi connectivity index (χ2n) is 8.69. The van der Waals surface area contributed by atoms with Crippen LogP contribution in [0.15, 0.2) is 90.6 Å². The fourth-order valence-electron chi connectivity index (χ4n) is 4.80. The zero-order chi connectivity index (χ0) is 26.2. The first-order chi connectivity index (χ1) is 18.6. The summed E-state index contributed by atoms with van der Waals surface area (Å²) in [7, 11) is 0. The lowest BCUT2D eigenvalue weighted by Gasteiger charge is -2.09. The Balaban J connectivity index is 1.57. The highest BCUT2D eigenvalue weighted by Crippen LogP contribution is 2.46. The van der Waals surface area contributed by atoms with Crippen LogP contribution in [0.4, 0.5) is 0 Å². The third-order valence-corrected chi connectivity index (χ3v) is 6.58. The molecule has 6 nitrogen and oxygen atoms in total. The molecule has 0 spiro atoms. The van der Waals surface area contributed by atoms with Crippen molar-refractivity contribution in [2.24, 2.45) is 0 Å². The van der Waals surface area contributed by atoms with Crippen LogP contribution in [-0.4, -0.2) is 9.97 Å². The van der Waals surface area contributed by atoms with E-state index < -0.39 is 0 Å². The standard InChI is InChI=1S/C32H14N6/c1-36-29(18-35)30-26-13-22(21-9-5-8-20(12-21)19-6-3-2-4-7-19)10-11-25(26)31-32(30)38-28-15-24(17-34)23(16-33)14-27(28)37-31/h2-15H/b30-29+. The minimum absolute atomic E-state index is 0.0806. The van der Waals surface area contributed by atoms with Gasteiger partial charge in [0.25, 0.3) is 5.70 Å². The van der Waals surface area contributed by atoms with Crippen LogP contribution < -0.4 is 0 Å². The Labute approximate surface area is 218 Å². The van der Waals surface area contributed by atoms with Crippen LogP contribution in [0.2, 0.25) is 0 Å². The highest BCUT2D eigenvalue weighted by molar-refractivity contribution is 6.03. The van der Waals surface area contributed by atoms with Crippen LogP contribution in [0.1, 0.15) is 22.4 Å². The summed E-state index contributed by atoms with van der Waals surface area (Å²) in [5.74, 6) is 0. The summed E-state index contributed by atoms with van der Waals surface area (Å²) in [6.45, 7) is 7.65. The first-order valence-corrected chi connectivity index (χ1v) is 11.6. The molecule has 0 radical (unpaired) electrons. The van der Waals surface area contributed by atoms with Gasteiger partial charge in [0.2, 0.25) is 0 Å². The number of fused-ring (bicyclic) bond motifs is 4. The van der Waals surface area contributed by atoms with Crippen molar-refractivity contribution in [3.8, 4) is 51.7 Å². The molecule has 172 valence electrons. The number of aromatic nitrogens is 2. The van der Waals surface area contributed by atoms with E-state index >= 15 is 0 Å². The molecule has 0 saturated heterocycles. The van der Waals surface area contributed by atoms with Gasteiger partial charge >= 0.3 is 0 Å². The average molecular weight is 483 g/mol. The van der Waals surface area contributed by atoms with Gasteiger partial charge in [-0.3, -0.25) is 0 Å². The maximum atomic E-state index is 9.80. The van der Waals surface area contributed by atoms with E-state index in [4.69, 9.17) is 16.5 Å². The van der Waals surface area contributed by atoms with Gasteiger partial charge in [0.15, 0.2) is 0 Å². The van der Waals surface area contributed by atoms with E-state index in [1.165, 1.54) is 6.07 Å². The Hall–Kier alpha value is -6.08. The monoisotopic (exact) mass is 482 g/mol. The lowest BCUT2D eigenvalue weighted by atomic mass is 9.95. The normalized spacial score (nSPS) is 12.4. The number of nitriles is 3. The van der Waals surface area contributed by atoms with E-state index in [2.05, 4.69) is 29.1 Å². The molecule has 38 heavy (non-hydrogen) atoms. The van der Waals surface area contributed by atoms with Gasteiger partial charge in [0.05, 0.1) is 46.2 Å². The van der Waals surface area contributed by atoms with Gasteiger partial charge in [-0.2, -0.15) is 10.5 Å². The summed E-state index contributed by atoms with van der Waals surface area (Å²) < 4.78 is 0. The average Bonchev–Trinajstić information content (AvgIpc) is 3.28. The predicted octanol–water partition coefficient (Wildman–Crippen LogP) is 6.89. The molecule has 0 amide bonds. The van der Waals surface area contributed by atoms with Crippen LogP contribution in [0, 0.1) is 40.6 Å². The molecule has 1 aliphatic rings. The minimum atomic E-state index is -0.0806. The van der Waals surface area contributed by atoms with Crippen LogP contribution >= 0.6 is 0 Å². The van der Waals surface area contributed by atoms with E-state index in [-0.39, 0.29) is 16.8 Å². The summed E-state index contributed by atoms with van der Waals surface area (Å²) in [5, 5.41) is 28.7. The van der Waals surface area contributed by atoms with Gasteiger partial charge in [-0.15, -0.1) is 0 Å². The smallest absolute Gasteiger partial charge is 0.245 e. The fraction of sp³-hybridized carbons (Fsp3) is 0. The molecule has 1 aromatic heterocycles. The molecule has 1 aliphatic carbocycles. The lowest BCUT2D eigenvalue weighted by Crippen LogP contribution is -1.96. The molecular formula is C32H14N6. The van der Waals surface area contributed by atoms with E-state index in [0.29, 0.717) is 33.6 Å². The van der Waals surface area contributed by atoms with Crippen LogP contribution in [0.3, 0.4) is 0 Å². The number of benzene rings is 4. The van der Waals surface area contributed by atoms with Crippen molar-refractivity contribution < 1.29 is 0 Å². The van der Waals surface area contributed by atoms with Gasteiger partial charge in [-0.1, -0.05) is 60.7 Å². The summed E-state index contributed by atoms with van der Waals surface area (Å²) in [4.78, 5) is 13.0. The molecule has 0 atom stereocenters. The molecule has 6 heteroatoms. The maximum Gasteiger partial charge on any atom is 0.271 e. The summed E-state index contributed by atoms with van der Waals surface area (Å²) in [6, 6.07) is 33.3. The zero-order valence-electron chi connectivity index (χ0n) is 19.8. The van der Waals surface area contributed by atoms with Gasteiger partial charge in [-0.25, -0.2) is 20.1 Å². The maximum absolute atomic E-state index is 9.80. The fourth-order valence-corrected chi connectivity index (χ4v) is 4.80. The Morgan fingerprint density at radius 2 is 1.24 bits per heavy atom. The molecule has 0 unspecified atom stereocenters. The Morgan fingerprint density at radius 1 is 0.632 bits per heavy atom. The molecule has 6 rings (SSSR count). The molecule has 0 aliphatic heterocycles. The summed E-state index contributed by atoms with van der Waals surface area (Å²) in [5.41, 5.74) is 8.17. The zero-order valence-corrected chi connectivity index (χ0v) is 19.8. The van der Waals surface area contributed by atoms with E-state index in [1.807, 2.05) is 66.7 Å². The molecule has 5 aromatic rings. The quantitative estimate of drug-likeness (QED) is 0.198. The number of allylic oxidation sites excluding steroid dienone is 1. The molecule has 0 bridgehead atoms. The predicted molar refractivity (Wildman–Crippen MR) is 144 cm³/mol. The number of rotatable bonds is 2. The third kappa shape index (κ3) is 3.47. The van der Waals surface area contributed by atoms with Gasteiger partial charge in [0, 0.05) is 11.1 Å². The van der Waals surface area contributed by atoms with Gasteiger partial charge in [-0.05, 0) is 52.1 Å². The Bertz CT molecular complexity index is 1990. The van der Waals surface area contributed by atoms with E-state index in [1.54, 1.807) is 6.07 Å². The number of hydrogen-bond acceptors (Lipinski definition) is 5. The summed E-state index contributed by atoms with van der Waals surface area (Å²) >= 11 is 0. The molecular weight excluding hydrogens is 468 g/mol. The van der Waals surface area contributed by atoms with Crippen molar-refractivity contribution in [2.45, 2.75) is 0 Å². The van der Waals surface area contributed by atoms with Gasteiger partial charge < -0.3 is 0 Å². The van der Waals surface area contributed by atoms with Crippen molar-refractivity contribution in [2.75, 3.05) is 0 Å².